The lowest BCUT2D eigenvalue weighted by molar-refractivity contribution is 0.292. The summed E-state index contributed by atoms with van der Waals surface area (Å²) < 4.78 is 10.9. The predicted molar refractivity (Wildman–Crippen MR) is 78.5 cm³/mol. The summed E-state index contributed by atoms with van der Waals surface area (Å²) >= 11 is 0. The summed E-state index contributed by atoms with van der Waals surface area (Å²) in [5.74, 6) is 2.25. The molecule has 8 heteroatoms. The lowest BCUT2D eigenvalue weighted by atomic mass is 10.4. The molecule has 0 radical (unpaired) electrons. The average Bonchev–Trinajstić information content (AvgIpc) is 2.81. The number of aryl methyl sites for hydroxylation is 2. The van der Waals surface area contributed by atoms with E-state index in [1.54, 1.807) is 7.05 Å². The maximum Gasteiger partial charge on any atom is 0.323 e. The minimum Gasteiger partial charge on any atom is -0.463 e. The van der Waals surface area contributed by atoms with Crippen molar-refractivity contribution in [3.8, 4) is 6.01 Å². The van der Waals surface area contributed by atoms with E-state index in [1.165, 1.54) is 0 Å². The van der Waals surface area contributed by atoms with Crippen LogP contribution in [0.3, 0.4) is 0 Å². The summed E-state index contributed by atoms with van der Waals surface area (Å²) in [6, 6.07) is 0.290. The van der Waals surface area contributed by atoms with Gasteiger partial charge in [0.15, 0.2) is 0 Å². The average molecular weight is 292 g/mol. The number of nitrogens with one attached hydrogen (secondary N) is 2. The van der Waals surface area contributed by atoms with Crippen LogP contribution in [0.1, 0.15) is 30.7 Å². The van der Waals surface area contributed by atoms with Gasteiger partial charge in [-0.25, -0.2) is 4.98 Å². The third-order valence-electron chi connectivity index (χ3n) is 2.74. The zero-order valence-corrected chi connectivity index (χ0v) is 12.7. The molecule has 0 atom stereocenters. The zero-order chi connectivity index (χ0) is 15.2. The van der Waals surface area contributed by atoms with E-state index in [0.29, 0.717) is 36.9 Å². The summed E-state index contributed by atoms with van der Waals surface area (Å²) in [6.07, 6.45) is 0.887. The molecule has 0 fully saturated rings. The number of nitrogens with zero attached hydrogens (tertiary/aromatic N) is 4. The second kappa shape index (κ2) is 6.87. The van der Waals surface area contributed by atoms with E-state index in [9.17, 15) is 0 Å². The first-order valence-corrected chi connectivity index (χ1v) is 6.85. The minimum atomic E-state index is 0.290. The van der Waals surface area contributed by atoms with Crippen molar-refractivity contribution in [2.24, 2.45) is 0 Å². The molecule has 0 spiro atoms. The van der Waals surface area contributed by atoms with Crippen LogP contribution in [-0.4, -0.2) is 33.6 Å². The number of rotatable bonds is 7. The van der Waals surface area contributed by atoms with E-state index >= 15 is 0 Å². The molecule has 0 aromatic carbocycles. The van der Waals surface area contributed by atoms with E-state index in [2.05, 4.69) is 30.6 Å². The van der Waals surface area contributed by atoms with Crippen LogP contribution in [0.5, 0.6) is 6.01 Å². The Kier molecular flexibility index (Phi) is 4.91. The fraction of sp³-hybridized carbons (Fsp3) is 0.538. The van der Waals surface area contributed by atoms with E-state index in [-0.39, 0.29) is 0 Å². The van der Waals surface area contributed by atoms with Gasteiger partial charge in [-0.1, -0.05) is 6.92 Å². The highest BCUT2D eigenvalue weighted by atomic mass is 16.5. The van der Waals surface area contributed by atoms with Crippen LogP contribution >= 0.6 is 0 Å². The van der Waals surface area contributed by atoms with Crippen LogP contribution in [0.2, 0.25) is 0 Å². The van der Waals surface area contributed by atoms with Gasteiger partial charge in [-0.05, 0) is 20.3 Å². The van der Waals surface area contributed by atoms with Crippen molar-refractivity contribution in [3.63, 3.8) is 0 Å². The number of hydrogen-bond acceptors (Lipinski definition) is 8. The van der Waals surface area contributed by atoms with E-state index in [0.717, 1.165) is 17.9 Å². The summed E-state index contributed by atoms with van der Waals surface area (Å²) in [6.45, 7) is 6.76. The standard InChI is InChI=1S/C13H20N6O2/c1-5-6-20-13-18-11(14-4)17-12(19-13)15-7-10-16-8(2)9(3)21-10/h5-7H2,1-4H3,(H2,14,15,17,18,19). The van der Waals surface area contributed by atoms with Gasteiger partial charge in [0.2, 0.25) is 17.8 Å². The Morgan fingerprint density at radius 2 is 1.86 bits per heavy atom. The first-order chi connectivity index (χ1) is 10.1. The van der Waals surface area contributed by atoms with E-state index < -0.39 is 0 Å². The van der Waals surface area contributed by atoms with Gasteiger partial charge in [-0.2, -0.15) is 15.0 Å². The maximum atomic E-state index is 5.50. The Bertz CT molecular complexity index is 579. The maximum absolute atomic E-state index is 5.50. The monoisotopic (exact) mass is 292 g/mol. The lowest BCUT2D eigenvalue weighted by Gasteiger charge is -2.07. The van der Waals surface area contributed by atoms with Crippen molar-refractivity contribution < 1.29 is 9.15 Å². The van der Waals surface area contributed by atoms with Crippen LogP contribution in [-0.2, 0) is 6.54 Å². The molecule has 2 N–H and O–H groups in total. The Labute approximate surface area is 123 Å². The zero-order valence-electron chi connectivity index (χ0n) is 12.7. The highest BCUT2D eigenvalue weighted by molar-refractivity contribution is 5.35. The highest BCUT2D eigenvalue weighted by Gasteiger charge is 2.09. The molecule has 21 heavy (non-hydrogen) atoms. The van der Waals surface area contributed by atoms with Crippen LogP contribution < -0.4 is 15.4 Å². The third kappa shape index (κ3) is 4.04. The van der Waals surface area contributed by atoms with Gasteiger partial charge >= 0.3 is 6.01 Å². The molecule has 2 rings (SSSR count). The summed E-state index contributed by atoms with van der Waals surface area (Å²) in [5.41, 5.74) is 0.880. The number of anilines is 2. The second-order valence-electron chi connectivity index (χ2n) is 4.47. The van der Waals surface area contributed by atoms with Crippen molar-refractivity contribution >= 4 is 11.9 Å². The highest BCUT2D eigenvalue weighted by Crippen LogP contribution is 2.13. The van der Waals surface area contributed by atoms with Gasteiger partial charge in [-0.3, -0.25) is 0 Å². The molecule has 2 aromatic heterocycles. The molecule has 0 bridgehead atoms. The predicted octanol–water partition coefficient (Wildman–Crippen LogP) is 1.92. The molecule has 2 aromatic rings. The Morgan fingerprint density at radius 3 is 2.48 bits per heavy atom. The number of aromatic nitrogens is 4. The lowest BCUT2D eigenvalue weighted by Crippen LogP contribution is -2.10. The number of hydrogen-bond donors (Lipinski definition) is 2. The van der Waals surface area contributed by atoms with Crippen molar-refractivity contribution in [2.75, 3.05) is 24.3 Å². The van der Waals surface area contributed by atoms with Gasteiger partial charge < -0.3 is 19.8 Å². The van der Waals surface area contributed by atoms with Gasteiger partial charge in [0, 0.05) is 7.05 Å². The molecule has 0 aliphatic carbocycles. The molecule has 2 heterocycles. The van der Waals surface area contributed by atoms with E-state index in [1.807, 2.05) is 20.8 Å². The summed E-state index contributed by atoms with van der Waals surface area (Å²) in [4.78, 5) is 16.8. The molecular weight excluding hydrogens is 272 g/mol. The first-order valence-electron chi connectivity index (χ1n) is 6.85. The largest absolute Gasteiger partial charge is 0.463 e. The Morgan fingerprint density at radius 1 is 1.10 bits per heavy atom. The minimum absolute atomic E-state index is 0.290. The normalized spacial score (nSPS) is 10.5. The molecule has 0 unspecified atom stereocenters. The number of oxazole rings is 1. The Hall–Kier alpha value is -2.38. The molecule has 0 saturated carbocycles. The molecule has 0 aliphatic rings. The second-order valence-corrected chi connectivity index (χ2v) is 4.47. The van der Waals surface area contributed by atoms with E-state index in [4.69, 9.17) is 9.15 Å². The van der Waals surface area contributed by atoms with Crippen LogP contribution in [0.4, 0.5) is 11.9 Å². The van der Waals surface area contributed by atoms with Gasteiger partial charge in [0.25, 0.3) is 0 Å². The van der Waals surface area contributed by atoms with Crippen LogP contribution in [0, 0.1) is 13.8 Å². The van der Waals surface area contributed by atoms with Crippen molar-refractivity contribution in [1.82, 2.24) is 19.9 Å². The van der Waals surface area contributed by atoms with Gasteiger partial charge in [0.1, 0.15) is 5.76 Å². The van der Waals surface area contributed by atoms with Crippen molar-refractivity contribution in [3.05, 3.63) is 17.3 Å². The fourth-order valence-corrected chi connectivity index (χ4v) is 1.57. The quantitative estimate of drug-likeness (QED) is 0.798. The van der Waals surface area contributed by atoms with Crippen molar-refractivity contribution in [2.45, 2.75) is 33.7 Å². The van der Waals surface area contributed by atoms with Crippen molar-refractivity contribution in [1.29, 1.82) is 0 Å². The van der Waals surface area contributed by atoms with Crippen LogP contribution in [0.15, 0.2) is 4.42 Å². The topological polar surface area (TPSA) is 98.0 Å². The third-order valence-corrected chi connectivity index (χ3v) is 2.74. The van der Waals surface area contributed by atoms with Gasteiger partial charge in [-0.15, -0.1) is 0 Å². The van der Waals surface area contributed by atoms with Crippen LogP contribution in [0.25, 0.3) is 0 Å². The summed E-state index contributed by atoms with van der Waals surface area (Å²) in [5, 5.41) is 5.93. The first kappa shape index (κ1) is 15.0. The van der Waals surface area contributed by atoms with Gasteiger partial charge in [0.05, 0.1) is 18.8 Å². The summed E-state index contributed by atoms with van der Waals surface area (Å²) in [7, 11) is 1.74. The Balaban J connectivity index is 2.07. The fourth-order valence-electron chi connectivity index (χ4n) is 1.57. The number of ether oxygens (including phenoxy) is 1. The molecule has 8 nitrogen and oxygen atoms in total. The molecule has 0 aliphatic heterocycles. The molecule has 0 saturated heterocycles. The SMILES string of the molecule is CCCOc1nc(NC)nc(NCc2nc(C)c(C)o2)n1. The molecular formula is C13H20N6O2. The molecule has 0 amide bonds. The smallest absolute Gasteiger partial charge is 0.323 e. The molecule has 114 valence electrons.